The number of amides is 1. The molecule has 0 N–H and O–H groups in total. The standard InChI is InChI=1S/C12H11N3O3/c1-14(11-5-3-2-4-6-11)12(17)18-15-8-10(9-16)7-13-15/h2-9H,1H3. The zero-order valence-electron chi connectivity index (χ0n) is 9.69. The summed E-state index contributed by atoms with van der Waals surface area (Å²) < 4.78 is 0. The highest BCUT2D eigenvalue weighted by Gasteiger charge is 2.13. The van der Waals surface area contributed by atoms with Gasteiger partial charge in [0.05, 0.1) is 18.0 Å². The second-order valence-corrected chi connectivity index (χ2v) is 3.55. The van der Waals surface area contributed by atoms with E-state index in [-0.39, 0.29) is 0 Å². The number of carbonyl (C=O) groups is 2. The summed E-state index contributed by atoms with van der Waals surface area (Å²) in [4.78, 5) is 29.5. The topological polar surface area (TPSA) is 64.4 Å². The van der Waals surface area contributed by atoms with Gasteiger partial charge in [-0.05, 0) is 12.1 Å². The summed E-state index contributed by atoms with van der Waals surface area (Å²) in [6.07, 6.45) is 2.66. The van der Waals surface area contributed by atoms with Crippen molar-refractivity contribution in [2.24, 2.45) is 0 Å². The number of nitrogens with zero attached hydrogens (tertiary/aromatic N) is 3. The minimum atomic E-state index is -0.596. The van der Waals surface area contributed by atoms with Gasteiger partial charge in [0.25, 0.3) is 0 Å². The first-order valence-electron chi connectivity index (χ1n) is 5.21. The van der Waals surface area contributed by atoms with E-state index in [1.165, 1.54) is 17.3 Å². The first-order chi connectivity index (χ1) is 8.70. The molecule has 0 unspecified atom stereocenters. The summed E-state index contributed by atoms with van der Waals surface area (Å²) in [5.41, 5.74) is 1.04. The maximum atomic E-state index is 11.8. The fourth-order valence-electron chi connectivity index (χ4n) is 1.33. The number of aromatic nitrogens is 2. The molecule has 0 aliphatic heterocycles. The lowest BCUT2D eigenvalue weighted by molar-refractivity contribution is 0.111. The third-order valence-corrected chi connectivity index (χ3v) is 2.31. The Kier molecular flexibility index (Phi) is 3.38. The number of benzene rings is 1. The van der Waals surface area contributed by atoms with Crippen LogP contribution < -0.4 is 9.74 Å². The zero-order chi connectivity index (χ0) is 13.0. The third kappa shape index (κ3) is 2.54. The Balaban J connectivity index is 2.06. The van der Waals surface area contributed by atoms with E-state index in [2.05, 4.69) is 5.10 Å². The van der Waals surface area contributed by atoms with E-state index in [1.54, 1.807) is 19.2 Å². The van der Waals surface area contributed by atoms with Crippen molar-refractivity contribution in [2.45, 2.75) is 0 Å². The van der Waals surface area contributed by atoms with E-state index in [4.69, 9.17) is 4.84 Å². The first kappa shape index (κ1) is 11.8. The lowest BCUT2D eigenvalue weighted by atomic mass is 10.3. The van der Waals surface area contributed by atoms with Crippen LogP contribution in [0.4, 0.5) is 10.5 Å². The molecule has 0 spiro atoms. The largest absolute Gasteiger partial charge is 0.440 e. The molecule has 2 rings (SSSR count). The average Bonchev–Trinajstić information content (AvgIpc) is 2.86. The minimum Gasteiger partial charge on any atom is -0.299 e. The fourth-order valence-corrected chi connectivity index (χ4v) is 1.33. The molecule has 92 valence electrons. The van der Waals surface area contributed by atoms with Gasteiger partial charge in [0.1, 0.15) is 0 Å². The maximum Gasteiger partial charge on any atom is 0.440 e. The molecule has 0 bridgehead atoms. The number of carbonyl (C=O) groups excluding carboxylic acids is 2. The summed E-state index contributed by atoms with van der Waals surface area (Å²) in [5.74, 6) is 0. The normalized spacial score (nSPS) is 9.83. The lowest BCUT2D eigenvalue weighted by Crippen LogP contribution is -2.34. The van der Waals surface area contributed by atoms with Crippen molar-refractivity contribution in [2.75, 3.05) is 11.9 Å². The summed E-state index contributed by atoms with van der Waals surface area (Å²) in [6, 6.07) is 9.05. The van der Waals surface area contributed by atoms with Crippen molar-refractivity contribution in [1.82, 2.24) is 9.94 Å². The lowest BCUT2D eigenvalue weighted by Gasteiger charge is -2.15. The number of para-hydroxylation sites is 1. The molecule has 6 heteroatoms. The van der Waals surface area contributed by atoms with Gasteiger partial charge in [-0.15, -0.1) is 5.10 Å². The van der Waals surface area contributed by atoms with Gasteiger partial charge in [-0.3, -0.25) is 14.5 Å². The van der Waals surface area contributed by atoms with Crippen LogP contribution in [0.5, 0.6) is 0 Å². The molecular formula is C12H11N3O3. The van der Waals surface area contributed by atoms with Crippen LogP contribution in [0.25, 0.3) is 0 Å². The van der Waals surface area contributed by atoms with Gasteiger partial charge in [0.15, 0.2) is 6.29 Å². The molecule has 0 fully saturated rings. The van der Waals surface area contributed by atoms with Crippen molar-refractivity contribution in [3.8, 4) is 0 Å². The molecule has 6 nitrogen and oxygen atoms in total. The van der Waals surface area contributed by atoms with Crippen molar-refractivity contribution in [3.05, 3.63) is 48.3 Å². The predicted octanol–water partition coefficient (Wildman–Crippen LogP) is 1.38. The predicted molar refractivity (Wildman–Crippen MR) is 64.4 cm³/mol. The van der Waals surface area contributed by atoms with Crippen molar-refractivity contribution in [3.63, 3.8) is 0 Å². The van der Waals surface area contributed by atoms with Gasteiger partial charge in [0.2, 0.25) is 0 Å². The van der Waals surface area contributed by atoms with E-state index in [0.717, 1.165) is 4.85 Å². The van der Waals surface area contributed by atoms with E-state index in [1.807, 2.05) is 18.2 Å². The van der Waals surface area contributed by atoms with Crippen LogP contribution in [0.2, 0.25) is 0 Å². The van der Waals surface area contributed by atoms with Crippen LogP contribution in [-0.2, 0) is 0 Å². The van der Waals surface area contributed by atoms with Crippen molar-refractivity contribution < 1.29 is 14.4 Å². The summed E-state index contributed by atoms with van der Waals surface area (Å²) in [5, 5.41) is 3.72. The molecule has 0 saturated carbocycles. The van der Waals surface area contributed by atoms with E-state index < -0.39 is 6.09 Å². The minimum absolute atomic E-state index is 0.338. The molecule has 1 aromatic carbocycles. The smallest absolute Gasteiger partial charge is 0.299 e. The van der Waals surface area contributed by atoms with Crippen LogP contribution in [0.3, 0.4) is 0 Å². The fraction of sp³-hybridized carbons (Fsp3) is 0.0833. The molecule has 2 aromatic rings. The average molecular weight is 245 g/mol. The Morgan fingerprint density at radius 3 is 2.72 bits per heavy atom. The van der Waals surface area contributed by atoms with Gasteiger partial charge >= 0.3 is 6.09 Å². The quantitative estimate of drug-likeness (QED) is 0.766. The van der Waals surface area contributed by atoms with Crippen molar-refractivity contribution >= 4 is 18.1 Å². The Morgan fingerprint density at radius 2 is 2.11 bits per heavy atom. The number of rotatable bonds is 3. The van der Waals surface area contributed by atoms with Gasteiger partial charge in [-0.2, -0.15) is 0 Å². The Morgan fingerprint density at radius 1 is 1.39 bits per heavy atom. The third-order valence-electron chi connectivity index (χ3n) is 2.31. The number of hydrogen-bond donors (Lipinski definition) is 0. The van der Waals surface area contributed by atoms with Gasteiger partial charge in [-0.25, -0.2) is 4.79 Å². The van der Waals surface area contributed by atoms with Crippen LogP contribution in [0, 0.1) is 0 Å². The monoisotopic (exact) mass is 245 g/mol. The number of hydrogen-bond acceptors (Lipinski definition) is 4. The molecule has 1 aromatic heterocycles. The first-order valence-corrected chi connectivity index (χ1v) is 5.21. The molecule has 0 aliphatic rings. The van der Waals surface area contributed by atoms with Crippen LogP contribution in [0.1, 0.15) is 10.4 Å². The molecule has 1 heterocycles. The SMILES string of the molecule is CN(C(=O)On1cc(C=O)cn1)c1ccccc1. The molecule has 0 radical (unpaired) electrons. The summed E-state index contributed by atoms with van der Waals surface area (Å²) in [6.45, 7) is 0. The van der Waals surface area contributed by atoms with Gasteiger partial charge in [-0.1, -0.05) is 23.0 Å². The van der Waals surface area contributed by atoms with E-state index >= 15 is 0 Å². The molecule has 0 saturated heterocycles. The highest BCUT2D eigenvalue weighted by Crippen LogP contribution is 2.11. The Labute approximate surface area is 103 Å². The number of aldehydes is 1. The van der Waals surface area contributed by atoms with Gasteiger partial charge < -0.3 is 0 Å². The highest BCUT2D eigenvalue weighted by molar-refractivity contribution is 5.87. The van der Waals surface area contributed by atoms with Gasteiger partial charge in [0, 0.05) is 12.7 Å². The summed E-state index contributed by atoms with van der Waals surface area (Å²) in [7, 11) is 1.59. The zero-order valence-corrected chi connectivity index (χ0v) is 9.69. The van der Waals surface area contributed by atoms with Crippen molar-refractivity contribution in [1.29, 1.82) is 0 Å². The van der Waals surface area contributed by atoms with Crippen LogP contribution in [-0.4, -0.2) is 29.4 Å². The maximum absolute atomic E-state index is 11.8. The van der Waals surface area contributed by atoms with Crippen LogP contribution >= 0.6 is 0 Å². The molecule has 1 amide bonds. The van der Waals surface area contributed by atoms with E-state index in [9.17, 15) is 9.59 Å². The second-order valence-electron chi connectivity index (χ2n) is 3.55. The Bertz CT molecular complexity index is 551. The Hall–Kier alpha value is -2.63. The number of anilines is 1. The van der Waals surface area contributed by atoms with Crippen LogP contribution in [0.15, 0.2) is 42.7 Å². The highest BCUT2D eigenvalue weighted by atomic mass is 16.7. The molecular weight excluding hydrogens is 234 g/mol. The molecule has 18 heavy (non-hydrogen) atoms. The molecule has 0 aliphatic carbocycles. The van der Waals surface area contributed by atoms with E-state index in [0.29, 0.717) is 17.5 Å². The molecule has 0 atom stereocenters. The summed E-state index contributed by atoms with van der Waals surface area (Å²) >= 11 is 0. The second kappa shape index (κ2) is 5.13.